The third-order valence-electron chi connectivity index (χ3n) is 2.93. The first kappa shape index (κ1) is 14.6. The quantitative estimate of drug-likeness (QED) is 0.445. The molecule has 1 aromatic carbocycles. The van der Waals surface area contributed by atoms with Gasteiger partial charge in [-0.25, -0.2) is 15.8 Å². The van der Waals surface area contributed by atoms with E-state index < -0.39 is 0 Å². The van der Waals surface area contributed by atoms with Crippen LogP contribution in [-0.2, 0) is 0 Å². The van der Waals surface area contributed by atoms with Crippen LogP contribution in [0.4, 0.5) is 17.3 Å². The summed E-state index contributed by atoms with van der Waals surface area (Å²) in [6.07, 6.45) is 3.56. The molecule has 0 radical (unpaired) electrons. The zero-order valence-corrected chi connectivity index (χ0v) is 12.7. The summed E-state index contributed by atoms with van der Waals surface area (Å²) in [5.41, 5.74) is 4.61. The van der Waals surface area contributed by atoms with Gasteiger partial charge >= 0.3 is 0 Å². The van der Waals surface area contributed by atoms with Gasteiger partial charge in [0.05, 0.1) is 0 Å². The molecule has 4 N–H and O–H groups in total. The lowest BCUT2D eigenvalue weighted by Gasteiger charge is -2.16. The lowest BCUT2D eigenvalue weighted by molar-refractivity contribution is 0.850. The van der Waals surface area contributed by atoms with Crippen molar-refractivity contribution in [1.29, 1.82) is 0 Å². The van der Waals surface area contributed by atoms with Crippen LogP contribution < -0.4 is 16.6 Å². The van der Waals surface area contributed by atoms with Crippen molar-refractivity contribution in [2.45, 2.75) is 24.7 Å². The van der Waals surface area contributed by atoms with Crippen LogP contribution in [0.2, 0.25) is 0 Å². The van der Waals surface area contributed by atoms with Crippen LogP contribution in [-0.4, -0.2) is 16.2 Å². The molecular formula is C14H19N5S. The molecule has 20 heavy (non-hydrogen) atoms. The van der Waals surface area contributed by atoms with Crippen molar-refractivity contribution < 1.29 is 0 Å². The molecule has 0 aliphatic carbocycles. The predicted molar refractivity (Wildman–Crippen MR) is 85.4 cm³/mol. The second-order valence-electron chi connectivity index (χ2n) is 4.64. The SMILES string of the molecule is CSc1cccc(Nc2ncnc(NN)c2C(C)C)c1. The Morgan fingerprint density at radius 3 is 2.60 bits per heavy atom. The van der Waals surface area contributed by atoms with Crippen LogP contribution in [0.3, 0.4) is 0 Å². The number of nitrogens with zero attached hydrogens (tertiary/aromatic N) is 2. The van der Waals surface area contributed by atoms with Crippen molar-refractivity contribution in [2.75, 3.05) is 17.0 Å². The zero-order chi connectivity index (χ0) is 14.5. The minimum absolute atomic E-state index is 0.258. The highest BCUT2D eigenvalue weighted by molar-refractivity contribution is 7.98. The summed E-state index contributed by atoms with van der Waals surface area (Å²) in [5, 5.41) is 3.34. The third kappa shape index (κ3) is 3.20. The molecule has 2 aromatic rings. The molecule has 0 bridgehead atoms. The Hall–Kier alpha value is -1.79. The number of hydrazine groups is 1. The van der Waals surface area contributed by atoms with Crippen LogP contribution in [0.15, 0.2) is 35.5 Å². The Kier molecular flexibility index (Phi) is 4.81. The predicted octanol–water partition coefficient (Wildman–Crippen LogP) is 3.35. The number of thioether (sulfide) groups is 1. The summed E-state index contributed by atoms with van der Waals surface area (Å²) in [4.78, 5) is 9.70. The molecule has 0 amide bonds. The van der Waals surface area contributed by atoms with Crippen molar-refractivity contribution in [3.05, 3.63) is 36.2 Å². The number of nitrogen functional groups attached to an aromatic ring is 1. The van der Waals surface area contributed by atoms with Crippen molar-refractivity contribution in [1.82, 2.24) is 9.97 Å². The third-order valence-corrected chi connectivity index (χ3v) is 3.66. The Bertz CT molecular complexity index is 586. The van der Waals surface area contributed by atoms with E-state index in [0.717, 1.165) is 17.1 Å². The van der Waals surface area contributed by atoms with Crippen molar-refractivity contribution in [2.24, 2.45) is 5.84 Å². The van der Waals surface area contributed by atoms with Crippen LogP contribution in [0, 0.1) is 0 Å². The number of benzene rings is 1. The van der Waals surface area contributed by atoms with Gasteiger partial charge in [0.25, 0.3) is 0 Å². The van der Waals surface area contributed by atoms with Crippen LogP contribution in [0.1, 0.15) is 25.3 Å². The van der Waals surface area contributed by atoms with E-state index in [2.05, 4.69) is 52.9 Å². The second kappa shape index (κ2) is 6.58. The number of rotatable bonds is 5. The molecule has 0 fully saturated rings. The summed E-state index contributed by atoms with van der Waals surface area (Å²) in [6, 6.07) is 8.20. The highest BCUT2D eigenvalue weighted by Gasteiger charge is 2.14. The molecule has 0 saturated heterocycles. The van der Waals surface area contributed by atoms with Gasteiger partial charge in [-0.3, -0.25) is 0 Å². The lowest BCUT2D eigenvalue weighted by atomic mass is 10.0. The number of aromatic nitrogens is 2. The standard InChI is InChI=1S/C14H19N5S/c1-9(2)12-13(16-8-17-14(12)19-15)18-10-5-4-6-11(7-10)20-3/h4-9H,15H2,1-3H3,(H2,16,17,18,19). The van der Waals surface area contributed by atoms with E-state index in [-0.39, 0.29) is 5.92 Å². The monoisotopic (exact) mass is 289 g/mol. The average Bonchev–Trinajstić information content (AvgIpc) is 2.46. The molecule has 6 heteroatoms. The first-order chi connectivity index (χ1) is 9.65. The molecule has 106 valence electrons. The first-order valence-electron chi connectivity index (χ1n) is 6.38. The first-order valence-corrected chi connectivity index (χ1v) is 7.60. The van der Waals surface area contributed by atoms with Crippen molar-refractivity contribution >= 4 is 29.1 Å². The van der Waals surface area contributed by atoms with Crippen LogP contribution in [0.25, 0.3) is 0 Å². The van der Waals surface area contributed by atoms with Crippen LogP contribution in [0.5, 0.6) is 0 Å². The molecule has 0 spiro atoms. The Morgan fingerprint density at radius 2 is 1.95 bits per heavy atom. The van der Waals surface area contributed by atoms with Gasteiger partial charge in [-0.15, -0.1) is 11.8 Å². The van der Waals surface area contributed by atoms with E-state index in [4.69, 9.17) is 5.84 Å². The second-order valence-corrected chi connectivity index (χ2v) is 5.52. The highest BCUT2D eigenvalue weighted by Crippen LogP contribution is 2.30. The van der Waals surface area contributed by atoms with Gasteiger partial charge < -0.3 is 10.7 Å². The molecule has 0 atom stereocenters. The average molecular weight is 289 g/mol. The van der Waals surface area contributed by atoms with Gasteiger partial charge in [-0.1, -0.05) is 19.9 Å². The number of nitrogens with two attached hydrogens (primary N) is 1. The normalized spacial score (nSPS) is 10.7. The number of nitrogens with one attached hydrogen (secondary N) is 2. The van der Waals surface area contributed by atoms with Gasteiger partial charge in [-0.2, -0.15) is 0 Å². The largest absolute Gasteiger partial charge is 0.340 e. The maximum Gasteiger partial charge on any atom is 0.148 e. The Labute approximate surface area is 123 Å². The molecule has 0 unspecified atom stereocenters. The van der Waals surface area contributed by atoms with E-state index in [0.29, 0.717) is 5.82 Å². The minimum atomic E-state index is 0.258. The van der Waals surface area contributed by atoms with Gasteiger partial charge in [0.1, 0.15) is 18.0 Å². The number of anilines is 3. The topological polar surface area (TPSA) is 75.9 Å². The van der Waals surface area contributed by atoms with Crippen LogP contribution >= 0.6 is 11.8 Å². The molecule has 1 heterocycles. The fourth-order valence-electron chi connectivity index (χ4n) is 1.99. The summed E-state index contributed by atoms with van der Waals surface area (Å²) in [6.45, 7) is 4.17. The van der Waals surface area contributed by atoms with Gasteiger partial charge in [0, 0.05) is 16.1 Å². The summed E-state index contributed by atoms with van der Waals surface area (Å²) in [5.74, 6) is 7.21. The summed E-state index contributed by atoms with van der Waals surface area (Å²) >= 11 is 1.71. The van der Waals surface area contributed by atoms with E-state index in [9.17, 15) is 0 Å². The molecule has 2 rings (SSSR count). The zero-order valence-electron chi connectivity index (χ0n) is 11.8. The molecule has 0 aliphatic heterocycles. The van der Waals surface area contributed by atoms with E-state index in [1.807, 2.05) is 12.1 Å². The number of hydrogen-bond donors (Lipinski definition) is 3. The van der Waals surface area contributed by atoms with E-state index >= 15 is 0 Å². The van der Waals surface area contributed by atoms with E-state index in [1.54, 1.807) is 11.8 Å². The molecule has 5 nitrogen and oxygen atoms in total. The Balaban J connectivity index is 2.37. The lowest BCUT2D eigenvalue weighted by Crippen LogP contribution is -2.14. The maximum absolute atomic E-state index is 5.52. The smallest absolute Gasteiger partial charge is 0.148 e. The van der Waals surface area contributed by atoms with Gasteiger partial charge in [0.2, 0.25) is 0 Å². The highest BCUT2D eigenvalue weighted by atomic mass is 32.2. The fourth-order valence-corrected chi connectivity index (χ4v) is 2.45. The van der Waals surface area contributed by atoms with Gasteiger partial charge in [0.15, 0.2) is 0 Å². The molecular weight excluding hydrogens is 270 g/mol. The summed E-state index contributed by atoms with van der Waals surface area (Å²) in [7, 11) is 0. The summed E-state index contributed by atoms with van der Waals surface area (Å²) < 4.78 is 0. The Morgan fingerprint density at radius 1 is 1.20 bits per heavy atom. The van der Waals surface area contributed by atoms with Crippen molar-refractivity contribution in [3.8, 4) is 0 Å². The maximum atomic E-state index is 5.52. The molecule has 0 aliphatic rings. The number of hydrogen-bond acceptors (Lipinski definition) is 6. The van der Waals surface area contributed by atoms with E-state index in [1.165, 1.54) is 11.2 Å². The van der Waals surface area contributed by atoms with Crippen molar-refractivity contribution in [3.63, 3.8) is 0 Å². The fraction of sp³-hybridized carbons (Fsp3) is 0.286. The molecule has 0 saturated carbocycles. The molecule has 1 aromatic heterocycles. The minimum Gasteiger partial charge on any atom is -0.340 e. The van der Waals surface area contributed by atoms with Gasteiger partial charge in [-0.05, 0) is 30.4 Å².